The third kappa shape index (κ3) is 6.40. The second-order valence-electron chi connectivity index (χ2n) is 8.71. The number of amides is 2. The van der Waals surface area contributed by atoms with Crippen LogP contribution in [0.25, 0.3) is 0 Å². The summed E-state index contributed by atoms with van der Waals surface area (Å²) >= 11 is 6.01. The summed E-state index contributed by atoms with van der Waals surface area (Å²) in [5.74, 6) is -0.325. The number of hydrogen-bond acceptors (Lipinski definition) is 7. The van der Waals surface area contributed by atoms with E-state index in [1.165, 1.54) is 31.2 Å². The van der Waals surface area contributed by atoms with Gasteiger partial charge >= 0.3 is 12.3 Å². The zero-order chi connectivity index (χ0) is 28.5. The predicted octanol–water partition coefficient (Wildman–Crippen LogP) is 4.19. The molecule has 0 saturated carbocycles. The van der Waals surface area contributed by atoms with Crippen LogP contribution >= 0.6 is 11.6 Å². The maximum Gasteiger partial charge on any atom is 0.427 e. The first kappa shape index (κ1) is 28.9. The van der Waals surface area contributed by atoms with Crippen molar-refractivity contribution in [3.63, 3.8) is 0 Å². The number of fused-ring (bicyclic) bond motifs is 1. The molecule has 38 heavy (non-hydrogen) atoms. The van der Waals surface area contributed by atoms with Gasteiger partial charge in [0.25, 0.3) is 10.0 Å². The Bertz CT molecular complexity index is 1410. The van der Waals surface area contributed by atoms with Gasteiger partial charge in [-0.05, 0) is 50.2 Å². The molecule has 204 valence electrons. The van der Waals surface area contributed by atoms with Crippen LogP contribution in [0.3, 0.4) is 0 Å². The molecule has 0 fully saturated rings. The fraction of sp³-hybridized carbons (Fsp3) is 0.348. The standard InChI is InChI=1S/C23H22ClF3N4O6S/c1-13(32)29-11-17-12-31(38(34,35)18-7-14(10-28)6-15(24)8-18)19-9-16(4-5-20(19)36-17)30-21(33)37-22(2,3)23(25,26)27/h4-9,17H,11-12H2,1-3H3,(H,29,32)(H,30,33). The van der Waals surface area contributed by atoms with E-state index < -0.39 is 34.0 Å². The maximum atomic E-state index is 13.7. The van der Waals surface area contributed by atoms with E-state index in [-0.39, 0.29) is 51.6 Å². The summed E-state index contributed by atoms with van der Waals surface area (Å²) in [5, 5.41) is 13.9. The molecule has 1 heterocycles. The number of rotatable bonds is 6. The second-order valence-corrected chi connectivity index (χ2v) is 11.0. The van der Waals surface area contributed by atoms with E-state index >= 15 is 0 Å². The molecule has 0 aliphatic carbocycles. The van der Waals surface area contributed by atoms with Crippen molar-refractivity contribution in [2.24, 2.45) is 0 Å². The zero-order valence-electron chi connectivity index (χ0n) is 20.2. The molecule has 0 spiro atoms. The number of alkyl halides is 3. The highest BCUT2D eigenvalue weighted by atomic mass is 35.5. The van der Waals surface area contributed by atoms with Crippen LogP contribution in [-0.4, -0.2) is 51.4 Å². The van der Waals surface area contributed by atoms with Gasteiger partial charge in [0, 0.05) is 17.6 Å². The Kier molecular flexibility index (Phi) is 8.04. The van der Waals surface area contributed by atoms with Crippen LogP contribution in [0.15, 0.2) is 41.3 Å². The minimum Gasteiger partial charge on any atom is -0.484 e. The highest BCUT2D eigenvalue weighted by molar-refractivity contribution is 7.92. The lowest BCUT2D eigenvalue weighted by Crippen LogP contribution is -2.48. The molecule has 0 bridgehead atoms. The molecule has 10 nitrogen and oxygen atoms in total. The van der Waals surface area contributed by atoms with E-state index in [0.717, 1.165) is 16.4 Å². The van der Waals surface area contributed by atoms with Crippen molar-refractivity contribution >= 4 is 45.0 Å². The lowest BCUT2D eigenvalue weighted by atomic mass is 10.1. The van der Waals surface area contributed by atoms with Crippen molar-refractivity contribution in [2.75, 3.05) is 22.7 Å². The number of carbonyl (C=O) groups excluding carboxylic acids is 2. The first-order valence-corrected chi connectivity index (χ1v) is 12.7. The van der Waals surface area contributed by atoms with Crippen LogP contribution < -0.4 is 19.7 Å². The van der Waals surface area contributed by atoms with Gasteiger partial charge in [-0.2, -0.15) is 18.4 Å². The van der Waals surface area contributed by atoms with Gasteiger partial charge in [0.1, 0.15) is 11.9 Å². The Morgan fingerprint density at radius 2 is 1.92 bits per heavy atom. The molecule has 2 aromatic carbocycles. The zero-order valence-corrected chi connectivity index (χ0v) is 21.8. The molecule has 2 aromatic rings. The minimum atomic E-state index is -4.83. The van der Waals surface area contributed by atoms with E-state index in [4.69, 9.17) is 16.3 Å². The van der Waals surface area contributed by atoms with E-state index in [1.807, 2.05) is 6.07 Å². The predicted molar refractivity (Wildman–Crippen MR) is 130 cm³/mol. The Labute approximate surface area is 221 Å². The molecule has 1 unspecified atom stereocenters. The van der Waals surface area contributed by atoms with Crippen LogP contribution in [-0.2, 0) is 19.6 Å². The average Bonchev–Trinajstić information content (AvgIpc) is 2.80. The summed E-state index contributed by atoms with van der Waals surface area (Å²) in [5.41, 5.74) is -2.94. The van der Waals surface area contributed by atoms with Crippen LogP contribution in [0.4, 0.5) is 29.3 Å². The lowest BCUT2D eigenvalue weighted by Gasteiger charge is -2.36. The third-order valence-electron chi connectivity index (χ3n) is 5.33. The molecule has 2 amide bonds. The van der Waals surface area contributed by atoms with Crippen LogP contribution in [0.1, 0.15) is 26.3 Å². The van der Waals surface area contributed by atoms with E-state index in [0.29, 0.717) is 13.8 Å². The molecule has 0 saturated heterocycles. The molecule has 0 aromatic heterocycles. The molecule has 1 aliphatic rings. The number of carbonyl (C=O) groups is 2. The highest BCUT2D eigenvalue weighted by Gasteiger charge is 2.51. The topological polar surface area (TPSA) is 138 Å². The van der Waals surface area contributed by atoms with Crippen molar-refractivity contribution in [1.82, 2.24) is 5.32 Å². The molecule has 0 radical (unpaired) electrons. The summed E-state index contributed by atoms with van der Waals surface area (Å²) in [6.07, 6.45) is -7.08. The normalized spacial score (nSPS) is 15.5. The summed E-state index contributed by atoms with van der Waals surface area (Å²) in [6.45, 7) is 2.30. The Morgan fingerprint density at radius 1 is 1.24 bits per heavy atom. The third-order valence-corrected chi connectivity index (χ3v) is 7.31. The monoisotopic (exact) mass is 574 g/mol. The molecular weight excluding hydrogens is 553 g/mol. The van der Waals surface area contributed by atoms with Crippen molar-refractivity contribution in [3.05, 3.63) is 47.0 Å². The van der Waals surface area contributed by atoms with Gasteiger partial charge in [-0.25, -0.2) is 13.2 Å². The number of ether oxygens (including phenoxy) is 2. The van der Waals surface area contributed by atoms with Crippen molar-refractivity contribution in [1.29, 1.82) is 5.26 Å². The van der Waals surface area contributed by atoms with Gasteiger partial charge in [0.2, 0.25) is 11.5 Å². The molecule has 1 atom stereocenters. The van der Waals surface area contributed by atoms with E-state index in [1.54, 1.807) is 0 Å². The number of benzene rings is 2. The van der Waals surface area contributed by atoms with Crippen LogP contribution in [0.2, 0.25) is 5.02 Å². The summed E-state index contributed by atoms with van der Waals surface area (Å²) in [6, 6.07) is 9.14. The van der Waals surface area contributed by atoms with Crippen LogP contribution in [0, 0.1) is 11.3 Å². The highest BCUT2D eigenvalue weighted by Crippen LogP contribution is 2.40. The minimum absolute atomic E-state index is 0.00338. The SMILES string of the molecule is CC(=O)NCC1CN(S(=O)(=O)c2cc(Cl)cc(C#N)c2)c2cc(NC(=O)OC(C)(C)C(F)(F)F)ccc2O1. The van der Waals surface area contributed by atoms with Gasteiger partial charge in [0.15, 0.2) is 0 Å². The van der Waals surface area contributed by atoms with E-state index in [2.05, 4.69) is 15.4 Å². The number of hydrogen-bond donors (Lipinski definition) is 2. The number of halogens is 4. The Morgan fingerprint density at radius 3 is 2.53 bits per heavy atom. The largest absolute Gasteiger partial charge is 0.484 e. The number of sulfonamides is 1. The summed E-state index contributed by atoms with van der Waals surface area (Å²) < 4.78 is 77.8. The summed E-state index contributed by atoms with van der Waals surface area (Å²) in [7, 11) is -4.38. The van der Waals surface area contributed by atoms with Crippen LogP contribution in [0.5, 0.6) is 5.75 Å². The van der Waals surface area contributed by atoms with Crippen molar-refractivity contribution < 1.29 is 40.7 Å². The van der Waals surface area contributed by atoms with Gasteiger partial charge in [-0.1, -0.05) is 11.6 Å². The van der Waals surface area contributed by atoms with Gasteiger partial charge in [-0.3, -0.25) is 14.4 Å². The fourth-order valence-corrected chi connectivity index (χ4v) is 5.19. The molecule has 15 heteroatoms. The molecule has 1 aliphatic heterocycles. The average molecular weight is 575 g/mol. The maximum absolute atomic E-state index is 13.7. The number of nitrogens with one attached hydrogen (secondary N) is 2. The number of nitrogens with zero attached hydrogens (tertiary/aromatic N) is 2. The van der Waals surface area contributed by atoms with E-state index in [9.17, 15) is 36.4 Å². The quantitative estimate of drug-likeness (QED) is 0.527. The van der Waals surface area contributed by atoms with Gasteiger partial charge in [0.05, 0.1) is 35.3 Å². The number of nitriles is 1. The Hall–Kier alpha value is -3.70. The van der Waals surface area contributed by atoms with Crippen molar-refractivity contribution in [2.45, 2.75) is 43.5 Å². The smallest absolute Gasteiger partial charge is 0.427 e. The van der Waals surface area contributed by atoms with Crippen molar-refractivity contribution in [3.8, 4) is 11.8 Å². The first-order valence-electron chi connectivity index (χ1n) is 10.9. The second kappa shape index (κ2) is 10.6. The fourth-order valence-electron chi connectivity index (χ4n) is 3.32. The lowest BCUT2D eigenvalue weighted by molar-refractivity contribution is -0.242. The molecule has 3 rings (SSSR count). The Balaban J connectivity index is 2.01. The summed E-state index contributed by atoms with van der Waals surface area (Å²) in [4.78, 5) is 23.2. The number of anilines is 2. The molecular formula is C23H22ClF3N4O6S. The van der Waals surface area contributed by atoms with Gasteiger partial charge < -0.3 is 14.8 Å². The molecule has 2 N–H and O–H groups in total. The van der Waals surface area contributed by atoms with Gasteiger partial charge in [-0.15, -0.1) is 0 Å². The first-order chi connectivity index (χ1) is 17.5.